The zero-order valence-electron chi connectivity index (χ0n) is 14.3. The van der Waals surface area contributed by atoms with Crippen LogP contribution in [0.15, 0.2) is 60.7 Å². The average Bonchev–Trinajstić information content (AvgIpc) is 2.97. The van der Waals surface area contributed by atoms with Crippen molar-refractivity contribution in [2.45, 2.75) is 37.8 Å². The van der Waals surface area contributed by atoms with Crippen LogP contribution in [-0.4, -0.2) is 43.4 Å². The van der Waals surface area contributed by atoms with E-state index in [0.29, 0.717) is 19.8 Å². The maximum atomic E-state index is 10.4. The lowest BCUT2D eigenvalue weighted by Crippen LogP contribution is -2.37. The van der Waals surface area contributed by atoms with Gasteiger partial charge < -0.3 is 24.1 Å². The third-order valence-electron chi connectivity index (χ3n) is 4.20. The smallest absolute Gasteiger partial charge is 0.186 e. The molecule has 134 valence electrons. The topological polar surface area (TPSA) is 57.2 Å². The van der Waals surface area contributed by atoms with E-state index in [4.69, 9.17) is 18.9 Å². The molecular formula is C20H24O5. The Labute approximate surface area is 148 Å². The van der Waals surface area contributed by atoms with Gasteiger partial charge in [-0.15, -0.1) is 0 Å². The van der Waals surface area contributed by atoms with Gasteiger partial charge in [0.1, 0.15) is 18.3 Å². The summed E-state index contributed by atoms with van der Waals surface area (Å²) in [6.45, 7) is 1.21. The number of methoxy groups -OCH3 is 1. The lowest BCUT2D eigenvalue weighted by molar-refractivity contribution is -0.156. The molecule has 1 aliphatic rings. The molecule has 0 aliphatic carbocycles. The molecule has 1 aliphatic heterocycles. The van der Waals surface area contributed by atoms with Crippen LogP contribution in [0, 0.1) is 0 Å². The van der Waals surface area contributed by atoms with Crippen LogP contribution in [0.2, 0.25) is 0 Å². The molecule has 5 nitrogen and oxygen atoms in total. The summed E-state index contributed by atoms with van der Waals surface area (Å²) in [6.07, 6.45) is -2.43. The van der Waals surface area contributed by atoms with Crippen molar-refractivity contribution in [2.24, 2.45) is 0 Å². The lowest BCUT2D eigenvalue weighted by Gasteiger charge is -2.20. The second-order valence-corrected chi connectivity index (χ2v) is 6.03. The van der Waals surface area contributed by atoms with Crippen LogP contribution in [0.3, 0.4) is 0 Å². The maximum absolute atomic E-state index is 10.4. The molecule has 1 heterocycles. The number of benzene rings is 2. The van der Waals surface area contributed by atoms with Crippen molar-refractivity contribution in [2.75, 3.05) is 13.7 Å². The Balaban J connectivity index is 1.55. The van der Waals surface area contributed by atoms with Crippen LogP contribution >= 0.6 is 0 Å². The SMILES string of the molecule is CO[C@H]1O[C@H](COCc2ccccc2)[C@H](OCc2ccccc2)[C@H]1O. The van der Waals surface area contributed by atoms with Crippen LogP contribution in [0.1, 0.15) is 11.1 Å². The quantitative estimate of drug-likeness (QED) is 0.797. The summed E-state index contributed by atoms with van der Waals surface area (Å²) >= 11 is 0. The summed E-state index contributed by atoms with van der Waals surface area (Å²) in [5.41, 5.74) is 2.13. The number of hydrogen-bond acceptors (Lipinski definition) is 5. The van der Waals surface area contributed by atoms with Gasteiger partial charge in [-0.2, -0.15) is 0 Å². The van der Waals surface area contributed by atoms with Crippen LogP contribution in [0.4, 0.5) is 0 Å². The molecule has 1 saturated heterocycles. The molecule has 0 aromatic heterocycles. The van der Waals surface area contributed by atoms with E-state index in [1.165, 1.54) is 7.11 Å². The Bertz CT molecular complexity index is 618. The van der Waals surface area contributed by atoms with Gasteiger partial charge in [0.2, 0.25) is 0 Å². The van der Waals surface area contributed by atoms with Gasteiger partial charge in [-0.3, -0.25) is 0 Å². The fourth-order valence-corrected chi connectivity index (χ4v) is 2.87. The first-order valence-electron chi connectivity index (χ1n) is 8.41. The van der Waals surface area contributed by atoms with Crippen molar-refractivity contribution in [3.05, 3.63) is 71.8 Å². The van der Waals surface area contributed by atoms with Gasteiger partial charge in [-0.25, -0.2) is 0 Å². The highest BCUT2D eigenvalue weighted by atomic mass is 16.7. The summed E-state index contributed by atoms with van der Waals surface area (Å²) in [6, 6.07) is 19.8. The third kappa shape index (κ3) is 4.87. The molecule has 5 heteroatoms. The zero-order valence-corrected chi connectivity index (χ0v) is 14.3. The van der Waals surface area contributed by atoms with Gasteiger partial charge in [-0.1, -0.05) is 60.7 Å². The van der Waals surface area contributed by atoms with Crippen LogP contribution < -0.4 is 0 Å². The first-order chi connectivity index (χ1) is 12.3. The first kappa shape index (κ1) is 18.0. The van der Waals surface area contributed by atoms with Crippen molar-refractivity contribution in [3.8, 4) is 0 Å². The van der Waals surface area contributed by atoms with E-state index < -0.39 is 18.5 Å². The van der Waals surface area contributed by atoms with Crippen molar-refractivity contribution >= 4 is 0 Å². The van der Waals surface area contributed by atoms with Crippen molar-refractivity contribution < 1.29 is 24.1 Å². The van der Waals surface area contributed by atoms with Crippen LogP contribution in [0.25, 0.3) is 0 Å². The molecule has 0 bridgehead atoms. The van der Waals surface area contributed by atoms with Crippen LogP contribution in [-0.2, 0) is 32.2 Å². The number of rotatable bonds is 8. The number of ether oxygens (including phenoxy) is 4. The van der Waals surface area contributed by atoms with Gasteiger partial charge in [0.15, 0.2) is 6.29 Å². The molecule has 0 saturated carbocycles. The molecule has 0 amide bonds. The van der Waals surface area contributed by atoms with Crippen LogP contribution in [0.5, 0.6) is 0 Å². The molecule has 2 aromatic carbocycles. The van der Waals surface area contributed by atoms with E-state index in [2.05, 4.69) is 0 Å². The van der Waals surface area contributed by atoms with E-state index >= 15 is 0 Å². The highest BCUT2D eigenvalue weighted by molar-refractivity contribution is 5.14. The zero-order chi connectivity index (χ0) is 17.5. The molecule has 0 unspecified atom stereocenters. The summed E-state index contributed by atoms with van der Waals surface area (Å²) < 4.78 is 22.6. The molecule has 0 spiro atoms. The van der Waals surface area contributed by atoms with Crippen molar-refractivity contribution in [1.82, 2.24) is 0 Å². The van der Waals surface area contributed by atoms with E-state index in [1.807, 2.05) is 60.7 Å². The highest BCUT2D eigenvalue weighted by Gasteiger charge is 2.44. The normalized spacial score (nSPS) is 26.0. The van der Waals surface area contributed by atoms with Gasteiger partial charge in [-0.05, 0) is 11.1 Å². The summed E-state index contributed by atoms with van der Waals surface area (Å²) in [7, 11) is 1.51. The highest BCUT2D eigenvalue weighted by Crippen LogP contribution is 2.26. The maximum Gasteiger partial charge on any atom is 0.186 e. The second kappa shape index (κ2) is 9.08. The minimum Gasteiger partial charge on any atom is -0.385 e. The van der Waals surface area contributed by atoms with Crippen molar-refractivity contribution in [3.63, 3.8) is 0 Å². The molecule has 1 fully saturated rings. The third-order valence-corrected chi connectivity index (χ3v) is 4.20. The summed E-state index contributed by atoms with van der Waals surface area (Å²) in [5.74, 6) is 0. The molecular weight excluding hydrogens is 320 g/mol. The summed E-state index contributed by atoms with van der Waals surface area (Å²) in [4.78, 5) is 0. The first-order valence-corrected chi connectivity index (χ1v) is 8.41. The fraction of sp³-hybridized carbons (Fsp3) is 0.400. The number of aliphatic hydroxyl groups is 1. The van der Waals surface area contributed by atoms with E-state index in [1.54, 1.807) is 0 Å². The Hall–Kier alpha value is -1.76. The van der Waals surface area contributed by atoms with Gasteiger partial charge in [0.25, 0.3) is 0 Å². The number of aliphatic hydroxyl groups excluding tert-OH is 1. The standard InChI is InChI=1S/C20H24O5/c1-22-20-18(21)19(24-13-16-10-6-3-7-11-16)17(25-20)14-23-12-15-8-4-2-5-9-15/h2-11,17-21H,12-14H2,1H3/t17-,18-,19+,20+/m1/s1. The average molecular weight is 344 g/mol. The van der Waals surface area contributed by atoms with Gasteiger partial charge in [0, 0.05) is 7.11 Å². The molecule has 25 heavy (non-hydrogen) atoms. The van der Waals surface area contributed by atoms with E-state index in [9.17, 15) is 5.11 Å². The van der Waals surface area contributed by atoms with Gasteiger partial charge in [0.05, 0.1) is 19.8 Å². The Morgan fingerprint density at radius 3 is 2.12 bits per heavy atom. The van der Waals surface area contributed by atoms with Crippen molar-refractivity contribution in [1.29, 1.82) is 0 Å². The second-order valence-electron chi connectivity index (χ2n) is 6.03. The predicted molar refractivity (Wildman–Crippen MR) is 92.8 cm³/mol. The molecule has 4 atom stereocenters. The molecule has 0 radical (unpaired) electrons. The minimum atomic E-state index is -0.848. The number of hydrogen-bond donors (Lipinski definition) is 1. The fourth-order valence-electron chi connectivity index (χ4n) is 2.87. The minimum absolute atomic E-state index is 0.325. The largest absolute Gasteiger partial charge is 0.385 e. The molecule has 1 N–H and O–H groups in total. The van der Waals surface area contributed by atoms with E-state index in [0.717, 1.165) is 11.1 Å². The monoisotopic (exact) mass is 344 g/mol. The predicted octanol–water partition coefficient (Wildman–Crippen LogP) is 2.52. The Kier molecular flexibility index (Phi) is 6.55. The Morgan fingerprint density at radius 1 is 0.920 bits per heavy atom. The lowest BCUT2D eigenvalue weighted by atomic mass is 10.1. The van der Waals surface area contributed by atoms with E-state index in [-0.39, 0.29) is 6.10 Å². The molecule has 3 rings (SSSR count). The molecule has 2 aromatic rings. The van der Waals surface area contributed by atoms with Gasteiger partial charge >= 0.3 is 0 Å². The Morgan fingerprint density at radius 2 is 1.52 bits per heavy atom. The summed E-state index contributed by atoms with van der Waals surface area (Å²) in [5, 5.41) is 10.4.